The Balaban J connectivity index is 2.96. The third-order valence-electron chi connectivity index (χ3n) is 1.96. The third-order valence-corrected chi connectivity index (χ3v) is 1.96. The Hall–Kier alpha value is -0.830. The summed E-state index contributed by atoms with van der Waals surface area (Å²) in [5.41, 5.74) is 1.90. The zero-order valence-electron chi connectivity index (χ0n) is 7.91. The second-order valence-corrected chi connectivity index (χ2v) is 2.95. The molecule has 0 aliphatic rings. The standard InChI is InChI=1S/C9H16N2O/c1-4-9(12)8-6-7(3)10-11(8)5-2/h6,9,12H,4-5H2,1-3H3. The van der Waals surface area contributed by atoms with E-state index in [1.165, 1.54) is 0 Å². The van der Waals surface area contributed by atoms with Gasteiger partial charge in [0, 0.05) is 6.54 Å². The highest BCUT2D eigenvalue weighted by Crippen LogP contribution is 2.16. The van der Waals surface area contributed by atoms with Gasteiger partial charge >= 0.3 is 0 Å². The van der Waals surface area contributed by atoms with Crippen LogP contribution >= 0.6 is 0 Å². The van der Waals surface area contributed by atoms with Crippen LogP contribution in [0.4, 0.5) is 0 Å². The number of aliphatic hydroxyl groups excluding tert-OH is 1. The molecule has 0 radical (unpaired) electrons. The number of aliphatic hydroxyl groups is 1. The van der Waals surface area contributed by atoms with Crippen molar-refractivity contribution in [1.29, 1.82) is 0 Å². The van der Waals surface area contributed by atoms with E-state index in [9.17, 15) is 5.11 Å². The lowest BCUT2D eigenvalue weighted by Crippen LogP contribution is -2.06. The molecule has 0 amide bonds. The van der Waals surface area contributed by atoms with Crippen molar-refractivity contribution in [3.8, 4) is 0 Å². The monoisotopic (exact) mass is 168 g/mol. The average Bonchev–Trinajstić information content (AvgIpc) is 2.45. The molecule has 1 heterocycles. The molecule has 1 N–H and O–H groups in total. The minimum atomic E-state index is -0.369. The van der Waals surface area contributed by atoms with Crippen LogP contribution in [0.1, 0.15) is 37.8 Å². The van der Waals surface area contributed by atoms with Crippen molar-refractivity contribution in [1.82, 2.24) is 9.78 Å². The van der Waals surface area contributed by atoms with Crippen LogP contribution in [0.5, 0.6) is 0 Å². The van der Waals surface area contributed by atoms with Crippen LogP contribution in [0.15, 0.2) is 6.07 Å². The van der Waals surface area contributed by atoms with Gasteiger partial charge in [0.15, 0.2) is 0 Å². The summed E-state index contributed by atoms with van der Waals surface area (Å²) in [6.07, 6.45) is 0.372. The zero-order chi connectivity index (χ0) is 9.14. The van der Waals surface area contributed by atoms with Crippen LogP contribution in [0.3, 0.4) is 0 Å². The first-order valence-corrected chi connectivity index (χ1v) is 4.41. The molecule has 0 saturated carbocycles. The first kappa shape index (κ1) is 9.26. The molecule has 0 saturated heterocycles. The van der Waals surface area contributed by atoms with Crippen molar-refractivity contribution in [2.45, 2.75) is 39.8 Å². The van der Waals surface area contributed by atoms with E-state index < -0.39 is 0 Å². The van der Waals surface area contributed by atoms with Crippen molar-refractivity contribution in [2.24, 2.45) is 0 Å². The van der Waals surface area contributed by atoms with Gasteiger partial charge in [-0.1, -0.05) is 6.92 Å². The molecular formula is C9H16N2O. The summed E-state index contributed by atoms with van der Waals surface area (Å²) in [5, 5.41) is 13.8. The fourth-order valence-electron chi connectivity index (χ4n) is 1.30. The smallest absolute Gasteiger partial charge is 0.0954 e. The molecule has 0 bridgehead atoms. The van der Waals surface area contributed by atoms with Crippen LogP contribution in [0.25, 0.3) is 0 Å². The van der Waals surface area contributed by atoms with E-state index in [4.69, 9.17) is 0 Å². The number of rotatable bonds is 3. The molecule has 12 heavy (non-hydrogen) atoms. The largest absolute Gasteiger partial charge is 0.387 e. The quantitative estimate of drug-likeness (QED) is 0.745. The molecule has 68 valence electrons. The van der Waals surface area contributed by atoms with E-state index >= 15 is 0 Å². The molecule has 0 aromatic carbocycles. The number of hydrogen-bond acceptors (Lipinski definition) is 2. The highest BCUT2D eigenvalue weighted by atomic mass is 16.3. The van der Waals surface area contributed by atoms with Gasteiger partial charge in [0.25, 0.3) is 0 Å². The van der Waals surface area contributed by atoms with Crippen LogP contribution in [0.2, 0.25) is 0 Å². The van der Waals surface area contributed by atoms with E-state index in [-0.39, 0.29) is 6.10 Å². The van der Waals surface area contributed by atoms with Gasteiger partial charge in [-0.3, -0.25) is 4.68 Å². The van der Waals surface area contributed by atoms with Crippen molar-refractivity contribution >= 4 is 0 Å². The number of nitrogens with zero attached hydrogens (tertiary/aromatic N) is 2. The normalized spacial score (nSPS) is 13.3. The molecule has 3 nitrogen and oxygen atoms in total. The maximum Gasteiger partial charge on any atom is 0.0954 e. The summed E-state index contributed by atoms with van der Waals surface area (Å²) in [4.78, 5) is 0. The number of aromatic nitrogens is 2. The predicted molar refractivity (Wildman–Crippen MR) is 47.9 cm³/mol. The van der Waals surface area contributed by atoms with Gasteiger partial charge in [-0.25, -0.2) is 0 Å². The molecule has 1 atom stereocenters. The summed E-state index contributed by atoms with van der Waals surface area (Å²) in [6.45, 7) is 6.75. The Morgan fingerprint density at radius 2 is 2.25 bits per heavy atom. The second kappa shape index (κ2) is 3.72. The van der Waals surface area contributed by atoms with E-state index in [0.717, 1.165) is 24.4 Å². The van der Waals surface area contributed by atoms with Gasteiger partial charge in [0.2, 0.25) is 0 Å². The Kier molecular flexibility index (Phi) is 2.87. The Morgan fingerprint density at radius 3 is 2.75 bits per heavy atom. The van der Waals surface area contributed by atoms with Crippen LogP contribution in [-0.4, -0.2) is 14.9 Å². The van der Waals surface area contributed by atoms with Gasteiger partial charge < -0.3 is 5.11 Å². The fraction of sp³-hybridized carbons (Fsp3) is 0.667. The number of hydrogen-bond donors (Lipinski definition) is 1. The van der Waals surface area contributed by atoms with Crippen molar-refractivity contribution in [2.75, 3.05) is 0 Å². The molecule has 1 unspecified atom stereocenters. The van der Waals surface area contributed by atoms with Crippen LogP contribution in [-0.2, 0) is 6.54 Å². The maximum absolute atomic E-state index is 9.59. The summed E-state index contributed by atoms with van der Waals surface area (Å²) in [5.74, 6) is 0. The molecular weight excluding hydrogens is 152 g/mol. The molecule has 0 spiro atoms. The maximum atomic E-state index is 9.59. The van der Waals surface area contributed by atoms with Crippen LogP contribution < -0.4 is 0 Å². The molecule has 0 aliphatic carbocycles. The predicted octanol–water partition coefficient (Wildman–Crippen LogP) is 1.65. The first-order chi connectivity index (χ1) is 5.69. The van der Waals surface area contributed by atoms with E-state index in [0.29, 0.717) is 0 Å². The molecule has 0 fully saturated rings. The summed E-state index contributed by atoms with van der Waals surface area (Å²) < 4.78 is 1.85. The molecule has 1 aromatic heterocycles. The Morgan fingerprint density at radius 1 is 1.58 bits per heavy atom. The molecule has 1 rings (SSSR count). The molecule has 0 aliphatic heterocycles. The topological polar surface area (TPSA) is 38.1 Å². The zero-order valence-corrected chi connectivity index (χ0v) is 7.91. The van der Waals surface area contributed by atoms with Crippen LogP contribution in [0, 0.1) is 6.92 Å². The van der Waals surface area contributed by atoms with Gasteiger partial charge in [-0.15, -0.1) is 0 Å². The van der Waals surface area contributed by atoms with E-state index in [2.05, 4.69) is 5.10 Å². The SMILES string of the molecule is CCC(O)c1cc(C)nn1CC. The van der Waals surface area contributed by atoms with Gasteiger partial charge in [0.05, 0.1) is 17.5 Å². The summed E-state index contributed by atoms with van der Waals surface area (Å²) in [7, 11) is 0. The lowest BCUT2D eigenvalue weighted by atomic mass is 10.2. The first-order valence-electron chi connectivity index (χ1n) is 4.41. The minimum absolute atomic E-state index is 0.369. The highest BCUT2D eigenvalue weighted by molar-refractivity contribution is 5.11. The van der Waals surface area contributed by atoms with Crippen molar-refractivity contribution in [3.63, 3.8) is 0 Å². The average molecular weight is 168 g/mol. The minimum Gasteiger partial charge on any atom is -0.387 e. The lowest BCUT2D eigenvalue weighted by Gasteiger charge is -2.08. The fourth-order valence-corrected chi connectivity index (χ4v) is 1.30. The van der Waals surface area contributed by atoms with Crippen molar-refractivity contribution in [3.05, 3.63) is 17.5 Å². The Bertz CT molecular complexity index is 255. The van der Waals surface area contributed by atoms with E-state index in [1.54, 1.807) is 0 Å². The van der Waals surface area contributed by atoms with Gasteiger partial charge in [-0.05, 0) is 26.3 Å². The summed E-state index contributed by atoms with van der Waals surface area (Å²) >= 11 is 0. The highest BCUT2D eigenvalue weighted by Gasteiger charge is 2.11. The third kappa shape index (κ3) is 1.67. The van der Waals surface area contributed by atoms with Gasteiger partial charge in [-0.2, -0.15) is 5.10 Å². The Labute approximate surface area is 73.0 Å². The summed E-state index contributed by atoms with van der Waals surface area (Å²) in [6, 6.07) is 1.94. The van der Waals surface area contributed by atoms with Gasteiger partial charge in [0.1, 0.15) is 0 Å². The molecule has 3 heteroatoms. The molecule has 1 aromatic rings. The van der Waals surface area contributed by atoms with E-state index in [1.807, 2.05) is 31.5 Å². The number of aryl methyl sites for hydroxylation is 2. The van der Waals surface area contributed by atoms with Crippen molar-refractivity contribution < 1.29 is 5.11 Å². The second-order valence-electron chi connectivity index (χ2n) is 2.95. The lowest BCUT2D eigenvalue weighted by molar-refractivity contribution is 0.162.